The Labute approximate surface area is 182 Å². The zero-order valence-electron chi connectivity index (χ0n) is 17.8. The lowest BCUT2D eigenvalue weighted by molar-refractivity contribution is 0.0651. The van der Waals surface area contributed by atoms with Gasteiger partial charge in [0.1, 0.15) is 0 Å². The summed E-state index contributed by atoms with van der Waals surface area (Å²) in [4.78, 5) is 19.1. The van der Waals surface area contributed by atoms with E-state index in [0.717, 1.165) is 30.5 Å². The predicted octanol–water partition coefficient (Wildman–Crippen LogP) is 3.76. The molecule has 7 heteroatoms. The number of nitrogens with one attached hydrogen (secondary N) is 1. The van der Waals surface area contributed by atoms with Gasteiger partial charge in [-0.2, -0.15) is 4.98 Å². The number of piperidine rings is 1. The number of carbonyl (C=O) groups excluding carboxylic acids is 1. The molecule has 7 nitrogen and oxygen atoms in total. The fraction of sp³-hybridized carbons (Fsp3) is 0.375. The van der Waals surface area contributed by atoms with Crippen LogP contribution in [-0.4, -0.2) is 45.8 Å². The minimum absolute atomic E-state index is 0.0237. The van der Waals surface area contributed by atoms with Crippen LogP contribution in [0.5, 0.6) is 0 Å². The summed E-state index contributed by atoms with van der Waals surface area (Å²) >= 11 is 0. The number of aryl methyl sites for hydroxylation is 1. The van der Waals surface area contributed by atoms with Gasteiger partial charge in [0.2, 0.25) is 11.7 Å². The van der Waals surface area contributed by atoms with E-state index < -0.39 is 0 Å². The second kappa shape index (κ2) is 9.75. The first-order valence-electron chi connectivity index (χ1n) is 10.8. The van der Waals surface area contributed by atoms with Crippen LogP contribution in [0.1, 0.15) is 41.6 Å². The molecule has 2 N–H and O–H groups in total. The maximum atomic E-state index is 12.8. The fourth-order valence-corrected chi connectivity index (χ4v) is 3.77. The number of hydrogen-bond acceptors (Lipinski definition) is 6. The van der Waals surface area contributed by atoms with E-state index in [1.54, 1.807) is 0 Å². The molecular formula is C24H28N4O3. The van der Waals surface area contributed by atoms with Crippen molar-refractivity contribution < 1.29 is 14.4 Å². The molecule has 1 saturated heterocycles. The number of nitrogens with zero attached hydrogens (tertiary/aromatic N) is 3. The molecule has 0 bridgehead atoms. The minimum Gasteiger partial charge on any atom is -0.396 e. The molecule has 1 aromatic heterocycles. The highest BCUT2D eigenvalue weighted by molar-refractivity contribution is 5.95. The summed E-state index contributed by atoms with van der Waals surface area (Å²) in [6.45, 7) is 4.06. The van der Waals surface area contributed by atoms with Gasteiger partial charge < -0.3 is 19.8 Å². The van der Waals surface area contributed by atoms with Crippen molar-refractivity contribution in [3.05, 3.63) is 65.5 Å². The Balaban J connectivity index is 1.36. The number of rotatable bonds is 7. The lowest BCUT2D eigenvalue weighted by Gasteiger charge is -2.31. The maximum Gasteiger partial charge on any atom is 0.253 e. The van der Waals surface area contributed by atoms with E-state index >= 15 is 0 Å². The Hall–Kier alpha value is -3.19. The zero-order valence-corrected chi connectivity index (χ0v) is 17.8. The number of aromatic nitrogens is 2. The Kier molecular flexibility index (Phi) is 6.62. The quantitative estimate of drug-likeness (QED) is 0.605. The van der Waals surface area contributed by atoms with E-state index in [1.165, 1.54) is 5.56 Å². The second-order valence-electron chi connectivity index (χ2n) is 7.91. The highest BCUT2D eigenvalue weighted by atomic mass is 16.5. The summed E-state index contributed by atoms with van der Waals surface area (Å²) in [5, 5.41) is 16.6. The Morgan fingerprint density at radius 2 is 1.97 bits per heavy atom. The van der Waals surface area contributed by atoms with Crippen molar-refractivity contribution in [1.82, 2.24) is 15.0 Å². The van der Waals surface area contributed by atoms with Crippen LogP contribution in [0.15, 0.2) is 53.1 Å². The van der Waals surface area contributed by atoms with E-state index in [9.17, 15) is 9.90 Å². The van der Waals surface area contributed by atoms with Crippen LogP contribution in [0.25, 0.3) is 11.4 Å². The molecule has 0 unspecified atom stereocenters. The molecule has 2 heterocycles. The molecule has 4 rings (SSSR count). The van der Waals surface area contributed by atoms with Gasteiger partial charge in [-0.05, 0) is 48.9 Å². The average Bonchev–Trinajstić information content (AvgIpc) is 3.32. The predicted molar refractivity (Wildman–Crippen MR) is 119 cm³/mol. The molecule has 31 heavy (non-hydrogen) atoms. The number of benzene rings is 2. The van der Waals surface area contributed by atoms with E-state index in [1.807, 2.05) is 41.3 Å². The van der Waals surface area contributed by atoms with E-state index in [4.69, 9.17) is 4.52 Å². The van der Waals surface area contributed by atoms with E-state index in [0.29, 0.717) is 42.8 Å². The normalized spacial score (nSPS) is 14.6. The third-order valence-corrected chi connectivity index (χ3v) is 5.80. The number of anilines is 1. The topological polar surface area (TPSA) is 91.5 Å². The molecule has 3 aromatic rings. The average molecular weight is 421 g/mol. The molecule has 2 aromatic carbocycles. The molecule has 0 saturated carbocycles. The SMILES string of the molecule is CCc1ccc(-c2noc(CNc3cccc(C(=O)N4CCC(CO)CC4)c3)n2)cc1. The monoisotopic (exact) mass is 420 g/mol. The molecule has 0 radical (unpaired) electrons. The van der Waals surface area contributed by atoms with Crippen molar-refractivity contribution in [2.24, 2.45) is 5.92 Å². The van der Waals surface area contributed by atoms with Gasteiger partial charge in [-0.25, -0.2) is 0 Å². The summed E-state index contributed by atoms with van der Waals surface area (Å²) in [5.41, 5.74) is 3.66. The molecule has 1 fully saturated rings. The number of aliphatic hydroxyl groups is 1. The smallest absolute Gasteiger partial charge is 0.253 e. The molecule has 0 aliphatic carbocycles. The van der Waals surface area contributed by atoms with Gasteiger partial charge >= 0.3 is 0 Å². The summed E-state index contributed by atoms with van der Waals surface area (Å²) < 4.78 is 5.37. The highest BCUT2D eigenvalue weighted by Gasteiger charge is 2.23. The molecular weight excluding hydrogens is 392 g/mol. The van der Waals surface area contributed by atoms with Crippen LogP contribution < -0.4 is 5.32 Å². The number of aliphatic hydroxyl groups excluding tert-OH is 1. The van der Waals surface area contributed by atoms with Crippen LogP contribution in [0, 0.1) is 5.92 Å². The van der Waals surface area contributed by atoms with E-state index in [2.05, 4.69) is 34.5 Å². The van der Waals surface area contributed by atoms with Crippen molar-refractivity contribution in [2.75, 3.05) is 25.0 Å². The largest absolute Gasteiger partial charge is 0.396 e. The van der Waals surface area contributed by atoms with Gasteiger partial charge in [-0.1, -0.05) is 42.4 Å². The third kappa shape index (κ3) is 5.11. The van der Waals surface area contributed by atoms with Crippen molar-refractivity contribution in [3.8, 4) is 11.4 Å². The van der Waals surface area contributed by atoms with Gasteiger partial charge in [0.25, 0.3) is 5.91 Å². The first-order chi connectivity index (χ1) is 15.2. The summed E-state index contributed by atoms with van der Waals surface area (Å²) in [5.74, 6) is 1.38. The second-order valence-corrected chi connectivity index (χ2v) is 7.91. The number of carbonyl (C=O) groups is 1. The first kappa shape index (κ1) is 21.1. The van der Waals surface area contributed by atoms with Gasteiger partial charge in [0, 0.05) is 36.5 Å². The number of hydrogen-bond donors (Lipinski definition) is 2. The zero-order chi connectivity index (χ0) is 21.6. The van der Waals surface area contributed by atoms with Crippen molar-refractivity contribution in [2.45, 2.75) is 32.7 Å². The first-order valence-corrected chi connectivity index (χ1v) is 10.8. The van der Waals surface area contributed by atoms with Gasteiger partial charge in [-0.15, -0.1) is 0 Å². The fourth-order valence-electron chi connectivity index (χ4n) is 3.77. The molecule has 162 valence electrons. The van der Waals surface area contributed by atoms with Gasteiger partial charge in [0.05, 0.1) is 6.54 Å². The van der Waals surface area contributed by atoms with Gasteiger partial charge in [-0.3, -0.25) is 4.79 Å². The maximum absolute atomic E-state index is 12.8. The third-order valence-electron chi connectivity index (χ3n) is 5.80. The molecule has 1 amide bonds. The van der Waals surface area contributed by atoms with Crippen molar-refractivity contribution in [3.63, 3.8) is 0 Å². The number of amides is 1. The lowest BCUT2D eigenvalue weighted by atomic mass is 9.97. The number of likely N-dealkylation sites (tertiary alicyclic amines) is 1. The van der Waals surface area contributed by atoms with Crippen molar-refractivity contribution in [1.29, 1.82) is 0 Å². The van der Waals surface area contributed by atoms with E-state index in [-0.39, 0.29) is 12.5 Å². The highest BCUT2D eigenvalue weighted by Crippen LogP contribution is 2.21. The van der Waals surface area contributed by atoms with Crippen LogP contribution >= 0.6 is 0 Å². The summed E-state index contributed by atoms with van der Waals surface area (Å²) in [7, 11) is 0. The lowest BCUT2D eigenvalue weighted by Crippen LogP contribution is -2.39. The minimum atomic E-state index is 0.0237. The standard InChI is InChI=1S/C24H28N4O3/c1-2-17-6-8-19(9-7-17)23-26-22(31-27-23)15-25-21-5-3-4-20(14-21)24(30)28-12-10-18(16-29)11-13-28/h3-9,14,18,25,29H,2,10-13,15-16H2,1H3. The molecule has 0 atom stereocenters. The van der Waals surface area contributed by atoms with Crippen LogP contribution in [0.4, 0.5) is 5.69 Å². The summed E-state index contributed by atoms with van der Waals surface area (Å²) in [6, 6.07) is 15.6. The Morgan fingerprint density at radius 1 is 1.19 bits per heavy atom. The van der Waals surface area contributed by atoms with Crippen LogP contribution in [0.3, 0.4) is 0 Å². The molecule has 1 aliphatic heterocycles. The molecule has 1 aliphatic rings. The van der Waals surface area contributed by atoms with Gasteiger partial charge in [0.15, 0.2) is 0 Å². The van der Waals surface area contributed by atoms with Crippen LogP contribution in [0.2, 0.25) is 0 Å². The van der Waals surface area contributed by atoms with Crippen LogP contribution in [-0.2, 0) is 13.0 Å². The van der Waals surface area contributed by atoms with Crippen molar-refractivity contribution >= 4 is 11.6 Å². The molecule has 0 spiro atoms. The summed E-state index contributed by atoms with van der Waals surface area (Å²) in [6.07, 6.45) is 2.69. The Morgan fingerprint density at radius 3 is 2.68 bits per heavy atom. The Bertz CT molecular complexity index is 1010.